The summed E-state index contributed by atoms with van der Waals surface area (Å²) in [6.07, 6.45) is 1.42. The first-order valence-corrected chi connectivity index (χ1v) is 9.99. The van der Waals surface area contributed by atoms with Gasteiger partial charge in [-0.15, -0.1) is 11.3 Å². The maximum Gasteiger partial charge on any atom is 0.308 e. The van der Waals surface area contributed by atoms with E-state index in [0.717, 1.165) is 0 Å². The Morgan fingerprint density at radius 3 is 2.52 bits per heavy atom. The number of thiophene rings is 1. The summed E-state index contributed by atoms with van der Waals surface area (Å²) in [4.78, 5) is 36.5. The second-order valence-electron chi connectivity index (χ2n) is 6.18. The number of para-hydroxylation sites is 1. The smallest absolute Gasteiger partial charge is 0.308 e. The maximum atomic E-state index is 12.6. The number of hydrazone groups is 1. The summed E-state index contributed by atoms with van der Waals surface area (Å²) in [5, 5.41) is 8.50. The Hall–Kier alpha value is -3.98. The number of nitrogens with one attached hydrogen (secondary N) is 2. The molecule has 0 fully saturated rings. The number of methoxy groups -OCH3 is 1. The molecule has 0 atom stereocenters. The van der Waals surface area contributed by atoms with Crippen molar-refractivity contribution in [2.75, 3.05) is 12.4 Å². The molecule has 2 amide bonds. The Balaban J connectivity index is 1.69. The Morgan fingerprint density at radius 2 is 1.81 bits per heavy atom. The van der Waals surface area contributed by atoms with Gasteiger partial charge < -0.3 is 14.8 Å². The van der Waals surface area contributed by atoms with Crippen LogP contribution < -0.4 is 20.2 Å². The van der Waals surface area contributed by atoms with Crippen molar-refractivity contribution in [2.45, 2.75) is 6.92 Å². The van der Waals surface area contributed by atoms with Crippen LogP contribution in [0.15, 0.2) is 65.1 Å². The van der Waals surface area contributed by atoms with Crippen molar-refractivity contribution in [3.63, 3.8) is 0 Å². The van der Waals surface area contributed by atoms with Crippen molar-refractivity contribution in [1.82, 2.24) is 5.43 Å². The van der Waals surface area contributed by atoms with Gasteiger partial charge in [0.05, 0.1) is 29.5 Å². The van der Waals surface area contributed by atoms with Crippen LogP contribution in [0.2, 0.25) is 0 Å². The molecule has 0 bridgehead atoms. The molecule has 2 N–H and O–H groups in total. The van der Waals surface area contributed by atoms with Crippen LogP contribution >= 0.6 is 11.3 Å². The molecule has 0 aliphatic heterocycles. The standard InChI is InChI=1S/C22H19N3O5S/c1-14(26)30-18-10-9-15(12-19(18)29-2)13-23-25-21(27)16-6-3-4-7-17(16)24-22(28)20-8-5-11-31-20/h3-13H,1-2H3,(H,24,28)(H,25,27). The minimum Gasteiger partial charge on any atom is -0.493 e. The van der Waals surface area contributed by atoms with E-state index in [1.165, 1.54) is 31.6 Å². The first-order valence-electron chi connectivity index (χ1n) is 9.11. The van der Waals surface area contributed by atoms with Gasteiger partial charge in [-0.1, -0.05) is 18.2 Å². The maximum absolute atomic E-state index is 12.6. The lowest BCUT2D eigenvalue weighted by atomic mass is 10.1. The fourth-order valence-electron chi connectivity index (χ4n) is 2.61. The molecule has 3 aromatic rings. The van der Waals surface area contributed by atoms with Crippen molar-refractivity contribution in [3.8, 4) is 11.5 Å². The summed E-state index contributed by atoms with van der Waals surface area (Å²) < 4.78 is 10.3. The molecule has 0 unspecified atom stereocenters. The fourth-order valence-corrected chi connectivity index (χ4v) is 3.23. The van der Waals surface area contributed by atoms with E-state index >= 15 is 0 Å². The molecule has 0 aliphatic rings. The Bertz CT molecular complexity index is 1130. The van der Waals surface area contributed by atoms with E-state index in [9.17, 15) is 14.4 Å². The van der Waals surface area contributed by atoms with Crippen molar-refractivity contribution in [3.05, 3.63) is 76.0 Å². The van der Waals surface area contributed by atoms with Crippen LogP contribution in [-0.2, 0) is 4.79 Å². The van der Waals surface area contributed by atoms with E-state index in [1.807, 2.05) is 0 Å². The van der Waals surface area contributed by atoms with Crippen molar-refractivity contribution in [1.29, 1.82) is 0 Å². The number of hydrogen-bond acceptors (Lipinski definition) is 7. The SMILES string of the molecule is COc1cc(C=NNC(=O)c2ccccc2NC(=O)c2cccs2)ccc1OC(C)=O. The number of ether oxygens (including phenoxy) is 2. The van der Waals surface area contributed by atoms with Crippen LogP contribution in [0.5, 0.6) is 11.5 Å². The number of carbonyl (C=O) groups excluding carboxylic acids is 3. The van der Waals surface area contributed by atoms with Gasteiger partial charge in [-0.2, -0.15) is 5.10 Å². The number of rotatable bonds is 7. The van der Waals surface area contributed by atoms with Gasteiger partial charge in [-0.3, -0.25) is 14.4 Å². The third kappa shape index (κ3) is 5.77. The second kappa shape index (κ2) is 10.2. The lowest BCUT2D eigenvalue weighted by Crippen LogP contribution is -2.21. The molecular formula is C22H19N3O5S. The number of amides is 2. The normalized spacial score (nSPS) is 10.5. The number of esters is 1. The molecule has 0 radical (unpaired) electrons. The van der Waals surface area contributed by atoms with E-state index in [0.29, 0.717) is 21.9 Å². The van der Waals surface area contributed by atoms with Crippen LogP contribution in [0, 0.1) is 0 Å². The molecule has 2 aromatic carbocycles. The van der Waals surface area contributed by atoms with Gasteiger partial charge in [0.1, 0.15) is 0 Å². The third-order valence-electron chi connectivity index (χ3n) is 3.99. The predicted molar refractivity (Wildman–Crippen MR) is 118 cm³/mol. The highest BCUT2D eigenvalue weighted by atomic mass is 32.1. The lowest BCUT2D eigenvalue weighted by molar-refractivity contribution is -0.132. The van der Waals surface area contributed by atoms with Gasteiger partial charge in [-0.25, -0.2) is 5.43 Å². The Labute approximate surface area is 182 Å². The van der Waals surface area contributed by atoms with Gasteiger partial charge in [0.25, 0.3) is 11.8 Å². The van der Waals surface area contributed by atoms with Gasteiger partial charge in [0.2, 0.25) is 0 Å². The number of anilines is 1. The van der Waals surface area contributed by atoms with Gasteiger partial charge in [0.15, 0.2) is 11.5 Å². The summed E-state index contributed by atoms with van der Waals surface area (Å²) in [5.74, 6) is -0.601. The minimum absolute atomic E-state index is 0.271. The summed E-state index contributed by atoms with van der Waals surface area (Å²) in [7, 11) is 1.45. The average Bonchev–Trinajstić information content (AvgIpc) is 3.30. The van der Waals surface area contributed by atoms with Crippen LogP contribution in [-0.4, -0.2) is 31.1 Å². The molecule has 0 saturated heterocycles. The first-order chi connectivity index (χ1) is 15.0. The quantitative estimate of drug-likeness (QED) is 0.254. The molecule has 1 heterocycles. The molecule has 0 spiro atoms. The van der Waals surface area contributed by atoms with Crippen molar-refractivity contribution < 1.29 is 23.9 Å². The van der Waals surface area contributed by atoms with E-state index in [-0.39, 0.29) is 17.2 Å². The first kappa shape index (κ1) is 21.7. The summed E-state index contributed by atoms with van der Waals surface area (Å²) in [6.45, 7) is 1.30. The minimum atomic E-state index is -0.484. The van der Waals surface area contributed by atoms with Crippen LogP contribution in [0.4, 0.5) is 5.69 Å². The predicted octanol–water partition coefficient (Wildman–Crippen LogP) is 3.70. The molecular weight excluding hydrogens is 418 g/mol. The van der Waals surface area contributed by atoms with Gasteiger partial charge >= 0.3 is 5.97 Å². The zero-order chi connectivity index (χ0) is 22.2. The Kier molecular flexibility index (Phi) is 7.13. The van der Waals surface area contributed by atoms with Crippen molar-refractivity contribution >= 4 is 41.0 Å². The molecule has 8 nitrogen and oxygen atoms in total. The van der Waals surface area contributed by atoms with E-state index in [4.69, 9.17) is 9.47 Å². The van der Waals surface area contributed by atoms with Crippen LogP contribution in [0.25, 0.3) is 0 Å². The summed E-state index contributed by atoms with van der Waals surface area (Å²) in [5.41, 5.74) is 3.70. The average molecular weight is 437 g/mol. The molecule has 3 rings (SSSR count). The molecule has 0 aliphatic carbocycles. The zero-order valence-electron chi connectivity index (χ0n) is 16.7. The topological polar surface area (TPSA) is 106 Å². The zero-order valence-corrected chi connectivity index (χ0v) is 17.6. The van der Waals surface area contributed by atoms with Crippen LogP contribution in [0.1, 0.15) is 32.5 Å². The van der Waals surface area contributed by atoms with Crippen molar-refractivity contribution in [2.24, 2.45) is 5.10 Å². The van der Waals surface area contributed by atoms with Crippen LogP contribution in [0.3, 0.4) is 0 Å². The second-order valence-corrected chi connectivity index (χ2v) is 7.13. The summed E-state index contributed by atoms with van der Waals surface area (Å²) >= 11 is 1.31. The van der Waals surface area contributed by atoms with Gasteiger partial charge in [-0.05, 0) is 47.3 Å². The molecule has 31 heavy (non-hydrogen) atoms. The van der Waals surface area contributed by atoms with E-state index < -0.39 is 11.9 Å². The molecule has 0 saturated carbocycles. The molecule has 1 aromatic heterocycles. The van der Waals surface area contributed by atoms with E-state index in [1.54, 1.807) is 60.0 Å². The largest absolute Gasteiger partial charge is 0.493 e. The molecule has 158 valence electrons. The molecule has 9 heteroatoms. The third-order valence-corrected chi connectivity index (χ3v) is 4.85. The number of nitrogens with zero attached hydrogens (tertiary/aromatic N) is 1. The monoisotopic (exact) mass is 437 g/mol. The summed E-state index contributed by atoms with van der Waals surface area (Å²) in [6, 6.07) is 15.0. The number of hydrogen-bond donors (Lipinski definition) is 2. The number of benzene rings is 2. The number of carbonyl (C=O) groups is 3. The van der Waals surface area contributed by atoms with E-state index in [2.05, 4.69) is 15.8 Å². The Morgan fingerprint density at radius 1 is 1.00 bits per heavy atom. The highest BCUT2D eigenvalue weighted by Crippen LogP contribution is 2.27. The lowest BCUT2D eigenvalue weighted by Gasteiger charge is -2.09. The highest BCUT2D eigenvalue weighted by Gasteiger charge is 2.14. The van der Waals surface area contributed by atoms with Gasteiger partial charge in [0, 0.05) is 6.92 Å². The fraction of sp³-hybridized carbons (Fsp3) is 0.0909. The highest BCUT2D eigenvalue weighted by molar-refractivity contribution is 7.12.